The third-order valence-electron chi connectivity index (χ3n) is 3.29. The van der Waals surface area contributed by atoms with Gasteiger partial charge in [-0.05, 0) is 37.6 Å². The topological polar surface area (TPSA) is 51.1 Å². The monoisotopic (exact) mass is 318 g/mol. The fourth-order valence-corrected chi connectivity index (χ4v) is 2.70. The number of aromatic nitrogens is 3. The highest BCUT2D eigenvalue weighted by atomic mass is 32.1. The van der Waals surface area contributed by atoms with Gasteiger partial charge in [-0.1, -0.05) is 19.1 Å². The van der Waals surface area contributed by atoms with Gasteiger partial charge in [-0.15, -0.1) is 4.37 Å². The normalized spacial score (nSPS) is 14.7. The van der Waals surface area contributed by atoms with E-state index in [2.05, 4.69) is 31.6 Å². The lowest BCUT2D eigenvalue weighted by Crippen LogP contribution is -2.29. The summed E-state index contributed by atoms with van der Waals surface area (Å²) in [6, 6.07) is 5.72. The second-order valence-electron chi connectivity index (χ2n) is 4.76. The van der Waals surface area contributed by atoms with Gasteiger partial charge in [-0.25, -0.2) is 0 Å². The van der Waals surface area contributed by atoms with Gasteiger partial charge >= 0.3 is 0 Å². The van der Waals surface area contributed by atoms with E-state index in [1.54, 1.807) is 12.4 Å². The number of likely N-dealkylation sites (N-methyl/N-ethyl adjacent to an activating group) is 1. The molecule has 1 aliphatic rings. The summed E-state index contributed by atoms with van der Waals surface area (Å²) in [5.41, 5.74) is 2.19. The van der Waals surface area contributed by atoms with Crippen LogP contribution in [0.3, 0.4) is 0 Å². The van der Waals surface area contributed by atoms with Gasteiger partial charge in [0.25, 0.3) is 5.88 Å². The van der Waals surface area contributed by atoms with Crippen LogP contribution in [0.4, 0.5) is 0 Å². The van der Waals surface area contributed by atoms with Crippen molar-refractivity contribution in [2.24, 2.45) is 0 Å². The van der Waals surface area contributed by atoms with Gasteiger partial charge in [0.15, 0.2) is 0 Å². The molecule has 22 heavy (non-hydrogen) atoms. The summed E-state index contributed by atoms with van der Waals surface area (Å²) in [5, 5.41) is 0. The minimum absolute atomic E-state index is 0.642. The number of hydrogen-bond donors (Lipinski definition) is 0. The average Bonchev–Trinajstić information content (AvgIpc) is 3.06. The van der Waals surface area contributed by atoms with E-state index in [1.165, 1.54) is 17.3 Å². The van der Waals surface area contributed by atoms with Crippen molar-refractivity contribution in [1.29, 1.82) is 0 Å². The molecule has 0 spiro atoms. The zero-order valence-corrected chi connectivity index (χ0v) is 13.9. The second kappa shape index (κ2) is 9.27. The smallest absolute Gasteiger partial charge is 0.253 e. The molecule has 0 atom stereocenters. The minimum atomic E-state index is 0.642. The van der Waals surface area contributed by atoms with Crippen LogP contribution in [-0.2, 0) is 0 Å². The number of rotatable bonds is 4. The third-order valence-corrected chi connectivity index (χ3v) is 3.80. The fourth-order valence-electron chi connectivity index (χ4n) is 2.17. The van der Waals surface area contributed by atoms with E-state index >= 15 is 0 Å². The van der Waals surface area contributed by atoms with Crippen molar-refractivity contribution in [3.63, 3.8) is 0 Å². The van der Waals surface area contributed by atoms with Crippen LogP contribution in [0.25, 0.3) is 5.57 Å². The van der Waals surface area contributed by atoms with Gasteiger partial charge in [0, 0.05) is 25.5 Å². The lowest BCUT2D eigenvalue weighted by Gasteiger charge is -2.25. The van der Waals surface area contributed by atoms with Crippen molar-refractivity contribution in [3.05, 3.63) is 42.4 Å². The molecular formula is C16H22N4OS. The molecule has 118 valence electrons. The Morgan fingerprint density at radius 3 is 2.59 bits per heavy atom. The summed E-state index contributed by atoms with van der Waals surface area (Å²) in [5.74, 6) is 0.691. The first-order valence-electron chi connectivity index (χ1n) is 7.57. The second-order valence-corrected chi connectivity index (χ2v) is 5.29. The Bertz CT molecular complexity index is 544. The maximum atomic E-state index is 5.48. The molecule has 0 saturated heterocycles. The zero-order valence-electron chi connectivity index (χ0n) is 13.1. The van der Waals surface area contributed by atoms with Crippen molar-refractivity contribution in [2.75, 3.05) is 26.2 Å². The molecule has 0 unspecified atom stereocenters. The van der Waals surface area contributed by atoms with E-state index in [9.17, 15) is 0 Å². The standard InChI is InChI=1S/C11H17N3OS.C5H5N/c1-3-14-7-5-6-9(8-14)10-11(15-4-2)13-16-12-10;1-2-4-6-5-3-1/h6H,3-5,7-8H2,1-2H3;1-5H. The average molecular weight is 318 g/mol. The highest BCUT2D eigenvalue weighted by Crippen LogP contribution is 2.27. The summed E-state index contributed by atoms with van der Waals surface area (Å²) in [6.07, 6.45) is 6.84. The molecule has 0 aliphatic carbocycles. The summed E-state index contributed by atoms with van der Waals surface area (Å²) in [7, 11) is 0. The predicted molar refractivity (Wildman–Crippen MR) is 90.0 cm³/mol. The Morgan fingerprint density at radius 1 is 1.18 bits per heavy atom. The van der Waals surface area contributed by atoms with Crippen molar-refractivity contribution in [3.8, 4) is 5.88 Å². The Morgan fingerprint density at radius 2 is 2.00 bits per heavy atom. The van der Waals surface area contributed by atoms with Crippen molar-refractivity contribution < 1.29 is 4.74 Å². The molecule has 0 amide bonds. The SMILES string of the molecule is CCOc1nsnc1C1=CCCN(CC)C1.c1ccncc1. The van der Waals surface area contributed by atoms with Gasteiger partial charge in [0.05, 0.1) is 18.3 Å². The highest BCUT2D eigenvalue weighted by molar-refractivity contribution is 6.99. The molecule has 0 saturated carbocycles. The predicted octanol–water partition coefficient (Wildman–Crippen LogP) is 3.13. The van der Waals surface area contributed by atoms with Crippen LogP contribution in [0.5, 0.6) is 5.88 Å². The van der Waals surface area contributed by atoms with Gasteiger partial charge in [-0.3, -0.25) is 9.88 Å². The number of hydrogen-bond acceptors (Lipinski definition) is 6. The Labute approximate surface area is 136 Å². The minimum Gasteiger partial charge on any atom is -0.476 e. The molecule has 2 aromatic heterocycles. The molecule has 3 heterocycles. The molecule has 3 rings (SSSR count). The van der Waals surface area contributed by atoms with E-state index in [1.807, 2.05) is 25.1 Å². The molecule has 2 aromatic rings. The summed E-state index contributed by atoms with van der Waals surface area (Å²) in [4.78, 5) is 6.19. The highest BCUT2D eigenvalue weighted by Gasteiger charge is 2.18. The van der Waals surface area contributed by atoms with Crippen molar-refractivity contribution in [2.45, 2.75) is 20.3 Å². The van der Waals surface area contributed by atoms with Crippen LogP contribution in [0.15, 0.2) is 36.7 Å². The molecule has 0 radical (unpaired) electrons. The maximum Gasteiger partial charge on any atom is 0.253 e. The largest absolute Gasteiger partial charge is 0.476 e. The van der Waals surface area contributed by atoms with Gasteiger partial charge in [0.2, 0.25) is 0 Å². The van der Waals surface area contributed by atoms with Crippen LogP contribution in [0.1, 0.15) is 26.0 Å². The Kier molecular flexibility index (Phi) is 6.99. The van der Waals surface area contributed by atoms with Gasteiger partial charge in [-0.2, -0.15) is 4.37 Å². The van der Waals surface area contributed by atoms with Gasteiger partial charge < -0.3 is 4.74 Å². The van der Waals surface area contributed by atoms with E-state index in [-0.39, 0.29) is 0 Å². The number of pyridine rings is 1. The van der Waals surface area contributed by atoms with E-state index in [4.69, 9.17) is 4.74 Å². The number of nitrogens with zero attached hydrogens (tertiary/aromatic N) is 4. The summed E-state index contributed by atoms with van der Waals surface area (Å²) >= 11 is 1.22. The fraction of sp³-hybridized carbons (Fsp3) is 0.438. The summed E-state index contributed by atoms with van der Waals surface area (Å²) < 4.78 is 14.0. The Hall–Kier alpha value is -1.79. The zero-order chi connectivity index (χ0) is 15.6. The molecule has 0 fully saturated rings. The van der Waals surface area contributed by atoms with Crippen LogP contribution in [0.2, 0.25) is 0 Å². The maximum absolute atomic E-state index is 5.48. The van der Waals surface area contributed by atoms with Crippen LogP contribution >= 0.6 is 11.7 Å². The van der Waals surface area contributed by atoms with Crippen molar-refractivity contribution >= 4 is 17.3 Å². The first-order valence-corrected chi connectivity index (χ1v) is 8.30. The lowest BCUT2D eigenvalue weighted by molar-refractivity contribution is 0.315. The van der Waals surface area contributed by atoms with Crippen LogP contribution in [-0.4, -0.2) is 44.9 Å². The number of ether oxygens (including phenoxy) is 1. The molecule has 6 heteroatoms. The van der Waals surface area contributed by atoms with Crippen molar-refractivity contribution in [1.82, 2.24) is 18.6 Å². The lowest BCUT2D eigenvalue weighted by atomic mass is 10.1. The van der Waals surface area contributed by atoms with Gasteiger partial charge in [0.1, 0.15) is 5.69 Å². The molecule has 0 N–H and O–H groups in total. The van der Waals surface area contributed by atoms with Crippen LogP contribution in [0, 0.1) is 0 Å². The van der Waals surface area contributed by atoms with E-state index < -0.39 is 0 Å². The molecule has 5 nitrogen and oxygen atoms in total. The first-order chi connectivity index (χ1) is 10.8. The molecular weight excluding hydrogens is 296 g/mol. The first kappa shape index (κ1) is 16.6. The molecule has 0 bridgehead atoms. The van der Waals surface area contributed by atoms with E-state index in [0.717, 1.165) is 31.7 Å². The quantitative estimate of drug-likeness (QED) is 0.867. The third kappa shape index (κ3) is 4.89. The molecule has 0 aromatic carbocycles. The van der Waals surface area contributed by atoms with E-state index in [0.29, 0.717) is 12.5 Å². The molecule has 1 aliphatic heterocycles. The Balaban J connectivity index is 0.000000246. The van der Waals surface area contributed by atoms with Crippen LogP contribution < -0.4 is 4.74 Å². The summed E-state index contributed by atoms with van der Waals surface area (Å²) in [6.45, 7) is 7.98.